The second kappa shape index (κ2) is 31.9. The normalized spacial score (nSPS) is 20.8. The molecule has 0 aromatic carbocycles. The van der Waals surface area contributed by atoms with Crippen molar-refractivity contribution in [1.29, 1.82) is 0 Å². The minimum Gasteiger partial charge on any atom is -0.481 e. The first kappa shape index (κ1) is 78.2. The second-order valence-electron chi connectivity index (χ2n) is 32.2. The highest BCUT2D eigenvalue weighted by atomic mass is 35.5. The Hall–Kier alpha value is -9.36. The number of methoxy groups -OCH3 is 1. The third-order valence-electron chi connectivity index (χ3n) is 25.0. The van der Waals surface area contributed by atoms with Crippen LogP contribution in [0.5, 0.6) is 5.88 Å². The van der Waals surface area contributed by atoms with Crippen LogP contribution in [0.4, 0.5) is 26.3 Å². The number of pyridine rings is 7. The molecule has 0 spiro atoms. The number of alkyl halides is 5. The van der Waals surface area contributed by atoms with Crippen LogP contribution in [-0.2, 0) is 82.6 Å². The number of nitrogens with zero attached hydrogens (tertiary/aromatic N) is 17. The number of rotatable bonds is 15. The van der Waals surface area contributed by atoms with Crippen molar-refractivity contribution in [3.63, 3.8) is 0 Å². The van der Waals surface area contributed by atoms with Crippen LogP contribution in [-0.4, -0.2) is 163 Å². The van der Waals surface area contributed by atoms with Gasteiger partial charge in [0.15, 0.2) is 0 Å². The van der Waals surface area contributed by atoms with Crippen molar-refractivity contribution < 1.29 is 51.5 Å². The molecule has 22 nitrogen and oxygen atoms in total. The smallest absolute Gasteiger partial charge is 0.433 e. The molecule has 0 saturated carbocycles. The summed E-state index contributed by atoms with van der Waals surface area (Å²) < 4.78 is 93.0. The maximum atomic E-state index is 14.0. The molecule has 0 amide bonds. The fourth-order valence-corrected chi connectivity index (χ4v) is 19.6. The number of hydrogen-bond donors (Lipinski definition) is 4. The molecule has 8 aliphatic rings. The Labute approximate surface area is 666 Å². The first-order valence-electron chi connectivity index (χ1n) is 40.0. The van der Waals surface area contributed by atoms with E-state index in [0.717, 1.165) is 188 Å². The minimum absolute atomic E-state index is 0.134. The molecule has 0 aliphatic carbocycles. The Balaban J connectivity index is 0.000000111. The lowest BCUT2D eigenvalue weighted by molar-refractivity contribution is -0.141. The average molecular weight is 1600 g/mol. The lowest BCUT2D eigenvalue weighted by Crippen LogP contribution is -2.33. The predicted octanol–water partition coefficient (Wildman–Crippen LogP) is 14.2. The van der Waals surface area contributed by atoms with E-state index in [0.29, 0.717) is 76.9 Å². The number of aryl methyl sites for hydroxylation is 1. The summed E-state index contributed by atoms with van der Waals surface area (Å²) in [4.78, 5) is 48.8. The lowest BCUT2D eigenvalue weighted by Gasteiger charge is -2.32. The number of hydrogen-bond acceptors (Lipinski definition) is 18. The SMILES string of the molecule is CC(O)(Cn1c2c(c3nc(CF)ccc31)C1CCCN1CC2)c1ccc(C(F)(F)F)nc1.COc1ccc(C(C)(O)Cn2c3c(c4nc(F)ccc42)C2CCCN2CC3)cn1.Cc1ncc2c(n1)c1c(n2CC(O)c2ccncc2)CCN2CCCC12.OC(Cn1c2c(c3nc(CF)ccc31)C1CCCN1CC2)c1ccc(Cl)cn1. The first-order chi connectivity index (χ1) is 55.5. The van der Waals surface area contributed by atoms with Crippen molar-refractivity contribution in [1.82, 2.24) is 82.7 Å². The van der Waals surface area contributed by atoms with Gasteiger partial charge in [-0.1, -0.05) is 17.7 Å². The Morgan fingerprint density at radius 3 is 1.39 bits per heavy atom. The van der Waals surface area contributed by atoms with E-state index in [9.17, 15) is 46.8 Å². The van der Waals surface area contributed by atoms with Crippen molar-refractivity contribution in [3.05, 3.63) is 223 Å². The number of aromatic nitrogens is 13. The van der Waals surface area contributed by atoms with E-state index in [4.69, 9.17) is 21.3 Å². The van der Waals surface area contributed by atoms with Gasteiger partial charge in [0, 0.05) is 169 Å². The molecule has 8 unspecified atom stereocenters. The molecular weight excluding hydrogens is 1500 g/mol. The number of aliphatic hydroxyl groups is 4. The Kier molecular flexibility index (Phi) is 21.7. The fraction of sp³-hybridized carbons (Fsp3) is 0.453. The minimum atomic E-state index is -4.53. The molecule has 20 rings (SSSR count). The van der Waals surface area contributed by atoms with Crippen LogP contribution in [0.3, 0.4) is 0 Å². The van der Waals surface area contributed by atoms with Crippen molar-refractivity contribution in [2.45, 2.75) is 191 Å². The van der Waals surface area contributed by atoms with Gasteiger partial charge in [0.1, 0.15) is 42.2 Å². The predicted molar refractivity (Wildman–Crippen MR) is 423 cm³/mol. The zero-order valence-electron chi connectivity index (χ0n) is 64.8. The van der Waals surface area contributed by atoms with Gasteiger partial charge in [-0.05, 0) is 177 Å². The molecule has 115 heavy (non-hydrogen) atoms. The van der Waals surface area contributed by atoms with E-state index in [1.165, 1.54) is 66.1 Å². The standard InChI is InChI=1S/C23H24F4N4O.C22H25FN4O2.C21H22ClFN4O.C20H23N5O/c1-22(32,14-4-7-19(28-12-14)23(25,26)27)13-31-17-8-10-30-9-2-3-16(30)20(17)21-18(31)6-5-15(11-24)29-21;1-22(28,14-5-8-19(29-2)24-12-14)13-27-16-9-11-26-10-3-4-15(26)20(16)21-17(27)6-7-18(23)25-21;22-13-3-5-15(24-11-13)19(28)12-27-17-7-9-26-8-1-2-16(26)20(17)21-18(27)6-4-14(10-23)25-21;1-13-22-11-17-20(23-13)19-15-3-2-9-24(15)10-6-16(19)25(17)12-18(26)14-4-7-21-8-5-14/h4-7,12,16,32H,2-3,8-11,13H2,1H3;5-8,12,15,28H,3-4,9-11,13H2,1-2H3;3-6,11,16,19,28H,1-2,7-10,12H2;4-5,7-8,11,15,18,26H,2-3,6,9-10,12H2,1H3. The summed E-state index contributed by atoms with van der Waals surface area (Å²) in [5, 5.41) is 44.7. The summed E-state index contributed by atoms with van der Waals surface area (Å²) in [6.07, 6.45) is 16.4. The van der Waals surface area contributed by atoms with E-state index in [1.807, 2.05) is 48.0 Å². The number of aliphatic hydroxyl groups excluding tert-OH is 2. The molecule has 20 heterocycles. The molecule has 0 bridgehead atoms. The van der Waals surface area contributed by atoms with E-state index < -0.39 is 54.6 Å². The average Bonchev–Trinajstić information content (AvgIpc) is 1.59. The highest BCUT2D eigenvalue weighted by Gasteiger charge is 2.43. The van der Waals surface area contributed by atoms with Crippen LogP contribution in [0, 0.1) is 12.9 Å². The lowest BCUT2D eigenvalue weighted by atomic mass is 9.96. The molecule has 8 atom stereocenters. The maximum Gasteiger partial charge on any atom is 0.433 e. The van der Waals surface area contributed by atoms with Gasteiger partial charge in [0.25, 0.3) is 0 Å². The monoisotopic (exact) mass is 1590 g/mol. The summed E-state index contributed by atoms with van der Waals surface area (Å²) in [7, 11) is 1.57. The van der Waals surface area contributed by atoms with Crippen molar-refractivity contribution in [2.24, 2.45) is 0 Å². The molecule has 4 saturated heterocycles. The van der Waals surface area contributed by atoms with Crippen molar-refractivity contribution in [3.8, 4) is 5.88 Å². The highest BCUT2D eigenvalue weighted by molar-refractivity contribution is 6.30. The van der Waals surface area contributed by atoms with Crippen LogP contribution in [0.15, 0.2) is 122 Å². The summed E-state index contributed by atoms with van der Waals surface area (Å²) in [5.41, 5.74) is 16.5. The van der Waals surface area contributed by atoms with Crippen LogP contribution in [0.1, 0.15) is 192 Å². The second-order valence-corrected chi connectivity index (χ2v) is 32.6. The van der Waals surface area contributed by atoms with E-state index in [1.54, 1.807) is 82.1 Å². The van der Waals surface area contributed by atoms with Crippen LogP contribution < -0.4 is 4.74 Å². The summed E-state index contributed by atoms with van der Waals surface area (Å²) >= 11 is 5.92. The number of fused-ring (bicyclic) bond motifs is 20. The molecule has 8 aliphatic heterocycles. The van der Waals surface area contributed by atoms with Gasteiger partial charge < -0.3 is 43.4 Å². The zero-order valence-corrected chi connectivity index (χ0v) is 65.6. The van der Waals surface area contributed by atoms with Crippen LogP contribution >= 0.6 is 11.6 Å². The summed E-state index contributed by atoms with van der Waals surface area (Å²) in [6, 6.07) is 24.7. The molecular formula is C86H94ClF6N17O5. The van der Waals surface area contributed by atoms with Crippen LogP contribution in [0.2, 0.25) is 5.02 Å². The van der Waals surface area contributed by atoms with Gasteiger partial charge in [0.2, 0.25) is 11.8 Å². The third kappa shape index (κ3) is 15.1. The van der Waals surface area contributed by atoms with Gasteiger partial charge in [-0.15, -0.1) is 0 Å². The molecule has 4 N–H and O–H groups in total. The van der Waals surface area contributed by atoms with Crippen LogP contribution in [0.25, 0.3) is 44.1 Å². The fourth-order valence-electron chi connectivity index (χ4n) is 19.5. The Morgan fingerprint density at radius 2 is 0.939 bits per heavy atom. The van der Waals surface area contributed by atoms with E-state index in [2.05, 4.69) is 73.2 Å². The molecule has 0 radical (unpaired) electrons. The largest absolute Gasteiger partial charge is 0.481 e. The Morgan fingerprint density at radius 1 is 0.487 bits per heavy atom. The molecule has 12 aromatic rings. The molecule has 602 valence electrons. The van der Waals surface area contributed by atoms with Gasteiger partial charge >= 0.3 is 6.18 Å². The molecule has 12 aromatic heterocycles. The Bertz CT molecular complexity index is 5550. The molecule has 29 heteroatoms. The third-order valence-corrected chi connectivity index (χ3v) is 25.2. The van der Waals surface area contributed by atoms with Crippen molar-refractivity contribution in [2.75, 3.05) is 59.5 Å². The number of ether oxygens (including phenoxy) is 1. The summed E-state index contributed by atoms with van der Waals surface area (Å²) in [5.74, 6) is 0.857. The number of halogens is 7. The maximum absolute atomic E-state index is 14.0. The summed E-state index contributed by atoms with van der Waals surface area (Å²) in [6.45, 7) is 13.9. The van der Waals surface area contributed by atoms with E-state index >= 15 is 0 Å². The van der Waals surface area contributed by atoms with E-state index in [-0.39, 0.29) is 12.6 Å². The zero-order chi connectivity index (χ0) is 79.8. The van der Waals surface area contributed by atoms with Gasteiger partial charge in [-0.25, -0.2) is 38.7 Å². The quantitative estimate of drug-likeness (QED) is 0.0551. The first-order valence-corrected chi connectivity index (χ1v) is 40.4. The van der Waals surface area contributed by atoms with Gasteiger partial charge in [0.05, 0.1) is 112 Å². The topological polar surface area (TPSA) is 239 Å². The van der Waals surface area contributed by atoms with Gasteiger partial charge in [-0.3, -0.25) is 34.6 Å². The van der Waals surface area contributed by atoms with Gasteiger partial charge in [-0.2, -0.15) is 17.6 Å². The molecule has 4 fully saturated rings. The van der Waals surface area contributed by atoms with Crippen molar-refractivity contribution >= 4 is 55.7 Å². The highest BCUT2D eigenvalue weighted by Crippen LogP contribution is 2.49.